The van der Waals surface area contributed by atoms with E-state index in [2.05, 4.69) is 20.4 Å². The van der Waals surface area contributed by atoms with Gasteiger partial charge >= 0.3 is 6.18 Å². The first-order chi connectivity index (χ1) is 14.9. The number of carbonyl (C=O) groups excluding carboxylic acids is 1. The third kappa shape index (κ3) is 5.02. The number of piperazine rings is 1. The highest BCUT2D eigenvalue weighted by Crippen LogP contribution is 2.36. The summed E-state index contributed by atoms with van der Waals surface area (Å²) in [7, 11) is 0. The van der Waals surface area contributed by atoms with Crippen LogP contribution in [-0.4, -0.2) is 47.1 Å². The van der Waals surface area contributed by atoms with E-state index in [0.29, 0.717) is 38.4 Å². The van der Waals surface area contributed by atoms with Gasteiger partial charge in [-0.3, -0.25) is 14.7 Å². The van der Waals surface area contributed by atoms with Crippen molar-refractivity contribution in [2.75, 3.05) is 36.4 Å². The quantitative estimate of drug-likeness (QED) is 0.665. The fourth-order valence-electron chi connectivity index (χ4n) is 3.48. The molecule has 31 heavy (non-hydrogen) atoms. The first-order valence-corrected chi connectivity index (χ1v) is 9.69. The lowest BCUT2D eigenvalue weighted by molar-refractivity contribution is -0.137. The number of anilines is 2. The van der Waals surface area contributed by atoms with Gasteiger partial charge in [-0.2, -0.15) is 13.2 Å². The van der Waals surface area contributed by atoms with E-state index >= 15 is 0 Å². The van der Waals surface area contributed by atoms with Crippen molar-refractivity contribution in [3.63, 3.8) is 0 Å². The fraction of sp³-hybridized carbons (Fsp3) is 0.286. The molecule has 3 heterocycles. The molecular weight excluding hydrogens is 411 g/mol. The minimum absolute atomic E-state index is 0.109. The van der Waals surface area contributed by atoms with Crippen molar-refractivity contribution >= 4 is 17.3 Å². The summed E-state index contributed by atoms with van der Waals surface area (Å²) in [5, 5.41) is 6.30. The molecule has 10 heteroatoms. The molecule has 1 N–H and O–H groups in total. The van der Waals surface area contributed by atoms with Crippen molar-refractivity contribution in [3.05, 3.63) is 71.9 Å². The van der Waals surface area contributed by atoms with Crippen LogP contribution in [0.4, 0.5) is 24.5 Å². The molecule has 3 aromatic rings. The number of aromatic nitrogens is 2. The maximum atomic E-state index is 13.3. The van der Waals surface area contributed by atoms with E-state index in [4.69, 9.17) is 4.52 Å². The number of rotatable bonds is 5. The number of nitrogens with one attached hydrogen (secondary N) is 1. The summed E-state index contributed by atoms with van der Waals surface area (Å²) in [5.74, 6) is -0.563. The lowest BCUT2D eigenvalue weighted by atomic mass is 10.1. The lowest BCUT2D eigenvalue weighted by Crippen LogP contribution is -2.46. The normalized spacial score (nSPS) is 15.1. The van der Waals surface area contributed by atoms with E-state index in [1.54, 1.807) is 24.6 Å². The summed E-state index contributed by atoms with van der Waals surface area (Å²) in [6.45, 7) is 3.31. The van der Waals surface area contributed by atoms with Crippen LogP contribution < -0.4 is 10.2 Å². The summed E-state index contributed by atoms with van der Waals surface area (Å²) >= 11 is 0. The number of hydrogen-bond donors (Lipinski definition) is 1. The Balaban J connectivity index is 1.53. The Morgan fingerprint density at radius 2 is 1.94 bits per heavy atom. The molecule has 1 fully saturated rings. The topological polar surface area (TPSA) is 74.5 Å². The molecule has 1 aliphatic heterocycles. The van der Waals surface area contributed by atoms with E-state index < -0.39 is 17.6 Å². The smallest absolute Gasteiger partial charge is 0.367 e. The third-order valence-electron chi connectivity index (χ3n) is 5.07. The molecule has 0 saturated carbocycles. The van der Waals surface area contributed by atoms with Gasteiger partial charge in [-0.1, -0.05) is 11.2 Å². The van der Waals surface area contributed by atoms with Crippen molar-refractivity contribution in [1.29, 1.82) is 0 Å². The van der Waals surface area contributed by atoms with Gasteiger partial charge in [0.15, 0.2) is 0 Å². The molecule has 2 aromatic heterocycles. The molecule has 4 rings (SSSR count). The summed E-state index contributed by atoms with van der Waals surface area (Å²) in [5.41, 5.74) is 0.925. The molecule has 0 bridgehead atoms. The number of hydrogen-bond acceptors (Lipinski definition) is 6. The predicted molar refractivity (Wildman–Crippen MR) is 108 cm³/mol. The van der Waals surface area contributed by atoms with Gasteiger partial charge in [0.25, 0.3) is 5.91 Å². The molecule has 1 aliphatic rings. The van der Waals surface area contributed by atoms with Crippen LogP contribution in [0.2, 0.25) is 0 Å². The zero-order valence-corrected chi connectivity index (χ0v) is 16.5. The van der Waals surface area contributed by atoms with Crippen LogP contribution in [0.3, 0.4) is 0 Å². The van der Waals surface area contributed by atoms with Crippen molar-refractivity contribution in [3.8, 4) is 0 Å². The number of pyridine rings is 1. The van der Waals surface area contributed by atoms with E-state index in [0.717, 1.165) is 17.7 Å². The fourth-order valence-corrected chi connectivity index (χ4v) is 3.48. The molecule has 0 atom stereocenters. The highest BCUT2D eigenvalue weighted by atomic mass is 19.4. The lowest BCUT2D eigenvalue weighted by Gasteiger charge is -2.36. The Labute approximate surface area is 176 Å². The Bertz CT molecular complexity index is 1020. The maximum Gasteiger partial charge on any atom is 0.416 e. The van der Waals surface area contributed by atoms with Crippen molar-refractivity contribution in [1.82, 2.24) is 15.0 Å². The maximum absolute atomic E-state index is 13.3. The van der Waals surface area contributed by atoms with Crippen molar-refractivity contribution < 1.29 is 22.5 Å². The first-order valence-electron chi connectivity index (χ1n) is 9.69. The van der Waals surface area contributed by atoms with Gasteiger partial charge in [-0.15, -0.1) is 0 Å². The number of halogens is 3. The molecule has 7 nitrogen and oxygen atoms in total. The minimum Gasteiger partial charge on any atom is -0.367 e. The number of nitrogens with zero attached hydrogens (tertiary/aromatic N) is 4. The van der Waals surface area contributed by atoms with Crippen LogP contribution in [0.5, 0.6) is 0 Å². The van der Waals surface area contributed by atoms with Gasteiger partial charge in [0.1, 0.15) is 12.0 Å². The third-order valence-corrected chi connectivity index (χ3v) is 5.07. The monoisotopic (exact) mass is 431 g/mol. The van der Waals surface area contributed by atoms with E-state index in [1.807, 2.05) is 4.90 Å². The van der Waals surface area contributed by atoms with Crippen LogP contribution in [0.25, 0.3) is 0 Å². The minimum atomic E-state index is -4.51. The molecule has 0 spiro atoms. The molecule has 1 aromatic carbocycles. The largest absolute Gasteiger partial charge is 0.416 e. The summed E-state index contributed by atoms with van der Waals surface area (Å²) in [4.78, 5) is 20.7. The molecule has 0 unspecified atom stereocenters. The number of benzene rings is 1. The second-order valence-electron chi connectivity index (χ2n) is 7.19. The molecule has 0 aliphatic carbocycles. The number of alkyl halides is 3. The van der Waals surface area contributed by atoms with Crippen LogP contribution in [0, 0.1) is 0 Å². The van der Waals surface area contributed by atoms with E-state index in [9.17, 15) is 18.0 Å². The van der Waals surface area contributed by atoms with E-state index in [-0.39, 0.29) is 11.4 Å². The standard InChI is InChI=1S/C21H20F3N5O2/c22-21(23,24)16-4-5-19(18(11-16)27-20(30)17-3-1-2-6-25-17)29-9-7-28(8-10-29)13-15-12-26-31-14-15/h1-6,11-12,14H,7-10,13H2,(H,27,30). The zero-order valence-electron chi connectivity index (χ0n) is 16.5. The van der Waals surface area contributed by atoms with Gasteiger partial charge < -0.3 is 14.7 Å². The summed E-state index contributed by atoms with van der Waals surface area (Å²) in [6, 6.07) is 8.23. The van der Waals surface area contributed by atoms with Crippen LogP contribution in [0.15, 0.2) is 59.6 Å². The van der Waals surface area contributed by atoms with E-state index in [1.165, 1.54) is 18.3 Å². The van der Waals surface area contributed by atoms with Gasteiger partial charge in [-0.25, -0.2) is 0 Å². The summed E-state index contributed by atoms with van der Waals surface area (Å²) < 4.78 is 44.7. The average Bonchev–Trinajstić information content (AvgIpc) is 3.27. The number of carbonyl (C=O) groups is 1. The molecule has 1 amide bonds. The van der Waals surface area contributed by atoms with Gasteiger partial charge in [0.05, 0.1) is 23.1 Å². The average molecular weight is 431 g/mol. The predicted octanol–water partition coefficient (Wildman–Crippen LogP) is 3.66. The molecular formula is C21H20F3N5O2. The number of amides is 1. The highest BCUT2D eigenvalue weighted by Gasteiger charge is 2.32. The highest BCUT2D eigenvalue weighted by molar-refractivity contribution is 6.04. The Morgan fingerprint density at radius 1 is 1.13 bits per heavy atom. The van der Waals surface area contributed by atoms with Gasteiger partial charge in [0.2, 0.25) is 0 Å². The second kappa shape index (κ2) is 8.76. The van der Waals surface area contributed by atoms with Crippen LogP contribution in [-0.2, 0) is 12.7 Å². The van der Waals surface area contributed by atoms with Gasteiger partial charge in [0, 0.05) is 44.5 Å². The first kappa shape index (κ1) is 20.9. The summed E-state index contributed by atoms with van der Waals surface area (Å²) in [6.07, 6.45) is 0.192. The van der Waals surface area contributed by atoms with Crippen molar-refractivity contribution in [2.45, 2.75) is 12.7 Å². The Hall–Kier alpha value is -3.40. The van der Waals surface area contributed by atoms with Crippen LogP contribution in [0.1, 0.15) is 21.6 Å². The Kier molecular flexibility index (Phi) is 5.90. The van der Waals surface area contributed by atoms with Crippen molar-refractivity contribution in [2.24, 2.45) is 0 Å². The SMILES string of the molecule is O=C(Nc1cc(C(F)(F)F)ccc1N1CCN(Cc2cnoc2)CC1)c1ccccn1. The molecule has 162 valence electrons. The van der Waals surface area contributed by atoms with Gasteiger partial charge in [-0.05, 0) is 30.3 Å². The Morgan fingerprint density at radius 3 is 2.58 bits per heavy atom. The zero-order chi connectivity index (χ0) is 21.8. The molecule has 1 saturated heterocycles. The molecule has 0 radical (unpaired) electrons. The second-order valence-corrected chi connectivity index (χ2v) is 7.19. The van der Waals surface area contributed by atoms with Crippen LogP contribution >= 0.6 is 0 Å².